The van der Waals surface area contributed by atoms with E-state index in [2.05, 4.69) is 15.6 Å². The number of non-ortho nitro benzene ring substituents is 1. The lowest BCUT2D eigenvalue weighted by Gasteiger charge is -2.12. The zero-order valence-electron chi connectivity index (χ0n) is 18.2. The van der Waals surface area contributed by atoms with Crippen molar-refractivity contribution in [1.29, 1.82) is 0 Å². The Morgan fingerprint density at radius 3 is 2.32 bits per heavy atom. The monoisotopic (exact) mass is 446 g/mol. The number of aryl methyl sites for hydroxylation is 2. The van der Waals surface area contributed by atoms with E-state index in [1.165, 1.54) is 18.4 Å². The molecule has 0 radical (unpaired) electrons. The molecule has 0 unspecified atom stereocenters. The number of nitrogens with zero attached hydrogens (tertiary/aromatic N) is 2. The first-order valence-electron chi connectivity index (χ1n) is 10.3. The Labute approximate surface area is 183 Å². The lowest BCUT2D eigenvalue weighted by atomic mass is 10.1. The first kappa shape index (κ1) is 24.3. The molecule has 8 nitrogen and oxygen atoms in total. The van der Waals surface area contributed by atoms with Crippen molar-refractivity contribution in [2.45, 2.75) is 44.6 Å². The second kappa shape index (κ2) is 11.5. The normalized spacial score (nSPS) is 11.9. The van der Waals surface area contributed by atoms with Crippen LogP contribution in [0.25, 0.3) is 0 Å². The summed E-state index contributed by atoms with van der Waals surface area (Å²) in [6.45, 7) is 5.73. The van der Waals surface area contributed by atoms with Gasteiger partial charge < -0.3 is 10.6 Å². The fourth-order valence-electron chi connectivity index (χ4n) is 3.18. The molecule has 0 atom stereocenters. The van der Waals surface area contributed by atoms with E-state index in [9.17, 15) is 18.5 Å². The van der Waals surface area contributed by atoms with Crippen molar-refractivity contribution < 1.29 is 13.3 Å². The summed E-state index contributed by atoms with van der Waals surface area (Å²) in [5.74, 6) is 0.711. The van der Waals surface area contributed by atoms with E-state index in [1.807, 2.05) is 13.0 Å². The molecule has 0 saturated carbocycles. The number of aliphatic imine (C=N–C) groups is 1. The molecule has 2 N–H and O–H groups in total. The zero-order valence-corrected chi connectivity index (χ0v) is 19.0. The molecule has 0 aliphatic heterocycles. The van der Waals surface area contributed by atoms with Crippen LogP contribution in [0.1, 0.15) is 36.5 Å². The van der Waals surface area contributed by atoms with Crippen molar-refractivity contribution in [3.63, 3.8) is 0 Å². The SMILES string of the molecule is CCNC(=NCc1ccc(S(C)(=O)=O)c(C)c1)NCCCCc1ccc([N+](=O)[O-])cc1. The van der Waals surface area contributed by atoms with Gasteiger partial charge in [0.25, 0.3) is 5.69 Å². The number of unbranched alkanes of at least 4 members (excludes halogenated alkanes) is 1. The van der Waals surface area contributed by atoms with E-state index in [1.54, 1.807) is 31.2 Å². The molecule has 31 heavy (non-hydrogen) atoms. The summed E-state index contributed by atoms with van der Waals surface area (Å²) >= 11 is 0. The smallest absolute Gasteiger partial charge is 0.269 e. The molecule has 2 rings (SSSR count). The number of nitro benzene ring substituents is 1. The number of nitro groups is 1. The van der Waals surface area contributed by atoms with Gasteiger partial charge in [-0.15, -0.1) is 0 Å². The Bertz CT molecular complexity index is 1020. The maximum atomic E-state index is 11.7. The molecule has 0 bridgehead atoms. The quantitative estimate of drug-likeness (QED) is 0.190. The van der Waals surface area contributed by atoms with E-state index in [0.717, 1.165) is 49.0 Å². The van der Waals surface area contributed by atoms with Crippen LogP contribution in [0, 0.1) is 17.0 Å². The van der Waals surface area contributed by atoms with E-state index in [0.29, 0.717) is 17.4 Å². The molecular formula is C22H30N4O4S. The summed E-state index contributed by atoms with van der Waals surface area (Å²) in [5.41, 5.74) is 2.86. The van der Waals surface area contributed by atoms with Gasteiger partial charge in [0.15, 0.2) is 15.8 Å². The Kier molecular flexibility index (Phi) is 8.99. The highest BCUT2D eigenvalue weighted by Crippen LogP contribution is 2.17. The van der Waals surface area contributed by atoms with Crippen LogP contribution < -0.4 is 10.6 Å². The third kappa shape index (κ3) is 8.01. The first-order chi connectivity index (χ1) is 14.7. The van der Waals surface area contributed by atoms with Gasteiger partial charge in [0.05, 0.1) is 16.4 Å². The van der Waals surface area contributed by atoms with Crippen LogP contribution in [0.4, 0.5) is 5.69 Å². The average Bonchev–Trinajstić information content (AvgIpc) is 2.71. The van der Waals surface area contributed by atoms with Gasteiger partial charge in [0.2, 0.25) is 0 Å². The molecule has 0 heterocycles. The number of sulfone groups is 1. The summed E-state index contributed by atoms with van der Waals surface area (Å²) in [6.07, 6.45) is 3.96. The largest absolute Gasteiger partial charge is 0.357 e. The van der Waals surface area contributed by atoms with Gasteiger partial charge in [0, 0.05) is 31.5 Å². The van der Waals surface area contributed by atoms with Gasteiger partial charge in [-0.3, -0.25) is 10.1 Å². The van der Waals surface area contributed by atoms with E-state index in [-0.39, 0.29) is 5.69 Å². The number of hydrogen-bond donors (Lipinski definition) is 2. The maximum absolute atomic E-state index is 11.7. The molecule has 0 spiro atoms. The molecule has 0 saturated heterocycles. The summed E-state index contributed by atoms with van der Waals surface area (Å²) < 4.78 is 23.5. The minimum absolute atomic E-state index is 0.109. The highest BCUT2D eigenvalue weighted by atomic mass is 32.2. The Morgan fingerprint density at radius 2 is 1.74 bits per heavy atom. The number of rotatable bonds is 10. The number of benzene rings is 2. The van der Waals surface area contributed by atoms with Crippen LogP contribution in [-0.4, -0.2) is 38.6 Å². The topological polar surface area (TPSA) is 114 Å². The van der Waals surface area contributed by atoms with Gasteiger partial charge >= 0.3 is 0 Å². The molecule has 168 valence electrons. The predicted octanol–water partition coefficient (Wildman–Crippen LogP) is 3.38. The number of hydrogen-bond acceptors (Lipinski definition) is 5. The molecule has 0 aromatic heterocycles. The van der Waals surface area contributed by atoms with Crippen molar-refractivity contribution in [2.24, 2.45) is 4.99 Å². The van der Waals surface area contributed by atoms with Crippen molar-refractivity contribution in [2.75, 3.05) is 19.3 Å². The molecule has 0 aliphatic rings. The van der Waals surface area contributed by atoms with Crippen LogP contribution in [-0.2, 0) is 22.8 Å². The minimum atomic E-state index is -3.22. The van der Waals surface area contributed by atoms with Gasteiger partial charge in [-0.05, 0) is 55.9 Å². The minimum Gasteiger partial charge on any atom is -0.357 e. The number of nitrogens with one attached hydrogen (secondary N) is 2. The summed E-state index contributed by atoms with van der Waals surface area (Å²) in [5, 5.41) is 17.2. The number of guanidine groups is 1. The molecule has 0 aliphatic carbocycles. The maximum Gasteiger partial charge on any atom is 0.269 e. The summed E-state index contributed by atoms with van der Waals surface area (Å²) in [7, 11) is -3.22. The van der Waals surface area contributed by atoms with E-state index in [4.69, 9.17) is 0 Å². The fraction of sp³-hybridized carbons (Fsp3) is 0.409. The highest BCUT2D eigenvalue weighted by molar-refractivity contribution is 7.90. The first-order valence-corrected chi connectivity index (χ1v) is 12.1. The predicted molar refractivity (Wildman–Crippen MR) is 123 cm³/mol. The fourth-order valence-corrected chi connectivity index (χ4v) is 4.14. The van der Waals surface area contributed by atoms with Gasteiger partial charge in [-0.25, -0.2) is 13.4 Å². The Hall–Kier alpha value is -2.94. The van der Waals surface area contributed by atoms with Crippen LogP contribution in [0.5, 0.6) is 0 Å². The molecule has 2 aromatic carbocycles. The van der Waals surface area contributed by atoms with Crippen LogP contribution in [0.2, 0.25) is 0 Å². The standard InChI is InChI=1S/C22H30N4O4S/c1-4-23-22(25-16-19-10-13-21(17(2)15-19)31(3,29)30)24-14-6-5-7-18-8-11-20(12-9-18)26(27)28/h8-13,15H,4-7,14,16H2,1-3H3,(H2,23,24,25). The third-order valence-electron chi connectivity index (χ3n) is 4.73. The molecule has 2 aromatic rings. The van der Waals surface area contributed by atoms with E-state index >= 15 is 0 Å². The third-order valence-corrected chi connectivity index (χ3v) is 5.99. The Morgan fingerprint density at radius 1 is 1.06 bits per heavy atom. The summed E-state index contributed by atoms with van der Waals surface area (Å²) in [6, 6.07) is 12.0. The van der Waals surface area contributed by atoms with Gasteiger partial charge in [-0.1, -0.05) is 24.3 Å². The van der Waals surface area contributed by atoms with Crippen LogP contribution >= 0.6 is 0 Å². The average molecular weight is 447 g/mol. The Balaban J connectivity index is 1.83. The van der Waals surface area contributed by atoms with Crippen molar-refractivity contribution in [1.82, 2.24) is 10.6 Å². The molecule has 9 heteroatoms. The molecular weight excluding hydrogens is 416 g/mol. The lowest BCUT2D eigenvalue weighted by Crippen LogP contribution is -2.37. The zero-order chi connectivity index (χ0) is 22.9. The second-order valence-corrected chi connectivity index (χ2v) is 9.36. The highest BCUT2D eigenvalue weighted by Gasteiger charge is 2.10. The van der Waals surface area contributed by atoms with Crippen LogP contribution in [0.3, 0.4) is 0 Å². The summed E-state index contributed by atoms with van der Waals surface area (Å²) in [4.78, 5) is 15.2. The van der Waals surface area contributed by atoms with Crippen molar-refractivity contribution >= 4 is 21.5 Å². The lowest BCUT2D eigenvalue weighted by molar-refractivity contribution is -0.384. The van der Waals surface area contributed by atoms with Gasteiger partial charge in [0.1, 0.15) is 0 Å². The van der Waals surface area contributed by atoms with Gasteiger partial charge in [-0.2, -0.15) is 0 Å². The van der Waals surface area contributed by atoms with E-state index < -0.39 is 14.8 Å². The van der Waals surface area contributed by atoms with Crippen molar-refractivity contribution in [3.8, 4) is 0 Å². The van der Waals surface area contributed by atoms with Crippen LogP contribution in [0.15, 0.2) is 52.4 Å². The molecule has 0 fully saturated rings. The molecule has 0 amide bonds. The van der Waals surface area contributed by atoms with Crippen molar-refractivity contribution in [3.05, 3.63) is 69.3 Å². The second-order valence-electron chi connectivity index (χ2n) is 7.37.